The molecule has 0 atom stereocenters. The van der Waals surface area contributed by atoms with E-state index in [0.717, 1.165) is 160 Å². The van der Waals surface area contributed by atoms with Crippen LogP contribution in [0.15, 0.2) is 342 Å². The molecule has 0 bridgehead atoms. The quantitative estimate of drug-likeness (QED) is 0.135. The molecule has 0 fully saturated rings. The molecule has 0 aliphatic carbocycles. The fraction of sp³-hybridized carbons (Fsp3) is 0. The van der Waals surface area contributed by atoms with Crippen molar-refractivity contribution in [1.82, 2.24) is 4.57 Å². The van der Waals surface area contributed by atoms with Crippen molar-refractivity contribution in [1.29, 1.82) is 0 Å². The molecule has 0 N–H and O–H groups in total. The Morgan fingerprint density at radius 1 is 0.161 bits per heavy atom. The van der Waals surface area contributed by atoms with E-state index >= 15 is 0 Å². The summed E-state index contributed by atoms with van der Waals surface area (Å²) in [7, 11) is 0. The molecule has 0 spiro atoms. The van der Waals surface area contributed by atoms with Gasteiger partial charge >= 0.3 is 0 Å². The largest absolute Gasteiger partial charge is 0.455 e. The second-order valence-electron chi connectivity index (χ2n) is 24.6. The van der Waals surface area contributed by atoms with Crippen LogP contribution in [0, 0.1) is 0 Å². The monoisotopic (exact) mass is 1180 g/mol. The Hall–Kier alpha value is -12.3. The molecule has 0 saturated carbocycles. The van der Waals surface area contributed by atoms with Gasteiger partial charge in [0.2, 0.25) is 0 Å². The molecule has 0 saturated heterocycles. The zero-order valence-corrected chi connectivity index (χ0v) is 50.5. The molecule has 0 amide bonds. The van der Waals surface area contributed by atoms with E-state index in [-0.39, 0.29) is 0 Å². The Morgan fingerprint density at radius 3 is 0.763 bits per heavy atom. The zero-order chi connectivity index (χ0) is 61.1. The van der Waals surface area contributed by atoms with Crippen molar-refractivity contribution >= 4 is 98.0 Å². The number of benzene rings is 16. The van der Waals surface area contributed by atoms with E-state index in [4.69, 9.17) is 8.83 Å². The molecular formula is C90H55NO2. The van der Waals surface area contributed by atoms with Gasteiger partial charge in [0.15, 0.2) is 0 Å². The van der Waals surface area contributed by atoms with Crippen molar-refractivity contribution in [2.24, 2.45) is 0 Å². The lowest BCUT2D eigenvalue weighted by Crippen LogP contribution is -1.95. The van der Waals surface area contributed by atoms with E-state index in [2.05, 4.69) is 338 Å². The Labute approximate surface area is 536 Å². The molecule has 3 heteroatoms. The number of rotatable bonds is 9. The predicted octanol–water partition coefficient (Wildman–Crippen LogP) is 25.4. The fourth-order valence-corrected chi connectivity index (χ4v) is 14.9. The first-order valence-electron chi connectivity index (χ1n) is 31.9. The van der Waals surface area contributed by atoms with Crippen LogP contribution in [0.2, 0.25) is 0 Å². The van der Waals surface area contributed by atoms with Crippen LogP contribution in [0.4, 0.5) is 0 Å². The Bertz CT molecular complexity index is 5850. The summed E-state index contributed by atoms with van der Waals surface area (Å²) in [5.74, 6) is 0. The summed E-state index contributed by atoms with van der Waals surface area (Å²) in [4.78, 5) is 0. The molecule has 3 aromatic heterocycles. The van der Waals surface area contributed by atoms with Crippen LogP contribution in [-0.2, 0) is 0 Å². The Balaban J connectivity index is 0.897. The van der Waals surface area contributed by atoms with Gasteiger partial charge in [-0.25, -0.2) is 0 Å². The highest BCUT2D eigenvalue weighted by atomic mass is 16.3. The highest BCUT2D eigenvalue weighted by Crippen LogP contribution is 2.49. The predicted molar refractivity (Wildman–Crippen MR) is 391 cm³/mol. The van der Waals surface area contributed by atoms with Crippen LogP contribution in [0.1, 0.15) is 0 Å². The Kier molecular flexibility index (Phi) is 12.0. The average Bonchev–Trinajstić information content (AvgIpc) is 1.67. The topological polar surface area (TPSA) is 31.2 Å². The van der Waals surface area contributed by atoms with E-state index in [1.54, 1.807) is 0 Å². The first-order chi connectivity index (χ1) is 46.1. The smallest absolute Gasteiger partial charge is 0.143 e. The van der Waals surface area contributed by atoms with Crippen LogP contribution >= 0.6 is 0 Å². The number of furan rings is 2. The summed E-state index contributed by atoms with van der Waals surface area (Å²) in [5.41, 5.74) is 24.2. The SMILES string of the molecule is c1ccc(-c2cc(-c3ccccc3)c3oc4c(-c5ccc6c7ccc(-c8cc(-c9ccccc9)cc9c8oc8c(-c%10ccccc%10)cc(-c%10ccccc%10)cc89)cc7n(-c7ccc8c9ccccc9c9ccccc9c8c7)c6c5)cc(-c5ccccc5)cc4c3c2)cc1. The van der Waals surface area contributed by atoms with Crippen molar-refractivity contribution in [2.75, 3.05) is 0 Å². The lowest BCUT2D eigenvalue weighted by atomic mass is 9.92. The maximum absolute atomic E-state index is 7.42. The molecule has 432 valence electrons. The van der Waals surface area contributed by atoms with E-state index in [1.807, 2.05) is 0 Å². The van der Waals surface area contributed by atoms with Gasteiger partial charge < -0.3 is 13.4 Å². The van der Waals surface area contributed by atoms with Gasteiger partial charge in [-0.1, -0.05) is 261 Å². The third-order valence-electron chi connectivity index (χ3n) is 19.3. The van der Waals surface area contributed by atoms with Gasteiger partial charge in [-0.15, -0.1) is 0 Å². The van der Waals surface area contributed by atoms with Crippen LogP contribution in [0.25, 0.3) is 193 Å². The summed E-state index contributed by atoms with van der Waals surface area (Å²) in [6, 6.07) is 122. The van der Waals surface area contributed by atoms with Crippen LogP contribution in [0.3, 0.4) is 0 Å². The van der Waals surface area contributed by atoms with Gasteiger partial charge in [-0.3, -0.25) is 0 Å². The molecule has 0 aliphatic heterocycles. The third-order valence-corrected chi connectivity index (χ3v) is 19.3. The van der Waals surface area contributed by atoms with E-state index < -0.39 is 0 Å². The minimum absolute atomic E-state index is 0.847. The van der Waals surface area contributed by atoms with Gasteiger partial charge in [0.05, 0.1) is 11.0 Å². The van der Waals surface area contributed by atoms with Crippen molar-refractivity contribution in [3.05, 3.63) is 334 Å². The highest BCUT2D eigenvalue weighted by Gasteiger charge is 2.25. The summed E-state index contributed by atoms with van der Waals surface area (Å²) < 4.78 is 17.4. The fourth-order valence-electron chi connectivity index (χ4n) is 14.9. The van der Waals surface area contributed by atoms with E-state index in [9.17, 15) is 0 Å². The second kappa shape index (κ2) is 21.2. The van der Waals surface area contributed by atoms with Crippen molar-refractivity contribution in [3.63, 3.8) is 0 Å². The van der Waals surface area contributed by atoms with Crippen molar-refractivity contribution < 1.29 is 8.83 Å². The van der Waals surface area contributed by atoms with Crippen molar-refractivity contribution in [2.45, 2.75) is 0 Å². The Morgan fingerprint density at radius 2 is 0.430 bits per heavy atom. The maximum atomic E-state index is 7.42. The maximum Gasteiger partial charge on any atom is 0.143 e. The second-order valence-corrected chi connectivity index (χ2v) is 24.6. The average molecular weight is 1180 g/mol. The number of hydrogen-bond donors (Lipinski definition) is 0. The molecule has 0 aliphatic rings. The summed E-state index contributed by atoms with van der Waals surface area (Å²) in [6.07, 6.45) is 0. The molecule has 93 heavy (non-hydrogen) atoms. The van der Waals surface area contributed by atoms with Crippen LogP contribution in [-0.4, -0.2) is 4.57 Å². The molecule has 0 radical (unpaired) electrons. The third kappa shape index (κ3) is 8.59. The number of nitrogens with zero attached hydrogens (tertiary/aromatic N) is 1. The summed E-state index contributed by atoms with van der Waals surface area (Å²) >= 11 is 0. The molecule has 3 nitrogen and oxygen atoms in total. The summed E-state index contributed by atoms with van der Waals surface area (Å²) in [5, 5.41) is 14.0. The molecule has 0 unspecified atom stereocenters. The minimum Gasteiger partial charge on any atom is -0.455 e. The van der Waals surface area contributed by atoms with Crippen LogP contribution < -0.4 is 0 Å². The number of aromatic nitrogens is 1. The van der Waals surface area contributed by atoms with Gasteiger partial charge in [0.25, 0.3) is 0 Å². The van der Waals surface area contributed by atoms with Gasteiger partial charge in [0, 0.05) is 60.3 Å². The molecule has 16 aromatic carbocycles. The lowest BCUT2D eigenvalue weighted by Gasteiger charge is -2.15. The van der Waals surface area contributed by atoms with E-state index in [0.29, 0.717) is 0 Å². The van der Waals surface area contributed by atoms with Crippen LogP contribution in [0.5, 0.6) is 0 Å². The molecule has 19 rings (SSSR count). The van der Waals surface area contributed by atoms with Gasteiger partial charge in [-0.2, -0.15) is 0 Å². The number of fused-ring (bicyclic) bond motifs is 15. The zero-order valence-electron chi connectivity index (χ0n) is 50.5. The molecular weight excluding hydrogens is 1130 g/mol. The normalized spacial score (nSPS) is 11.9. The number of hydrogen-bond acceptors (Lipinski definition) is 2. The minimum atomic E-state index is 0.847. The first-order valence-corrected chi connectivity index (χ1v) is 31.9. The van der Waals surface area contributed by atoms with E-state index in [1.165, 1.54) is 32.3 Å². The highest BCUT2D eigenvalue weighted by molar-refractivity contribution is 6.26. The molecule has 19 aromatic rings. The molecule has 3 heterocycles. The lowest BCUT2D eigenvalue weighted by molar-refractivity contribution is 0.671. The van der Waals surface area contributed by atoms with Gasteiger partial charge in [0.1, 0.15) is 22.3 Å². The summed E-state index contributed by atoms with van der Waals surface area (Å²) in [6.45, 7) is 0. The first kappa shape index (κ1) is 52.6. The standard InChI is InChI=1S/C90H55NO2/c1-7-23-56(24-8-1)64-45-76(60-31-15-5-16-32-60)87-81(49-64)83-51-66(58-27-11-3-12-28-58)47-78(89(83)92-87)62-39-42-74-75-43-40-63(54-86(75)91(85(74)53-62)68-41-44-73-71-37-20-19-35-69(71)70-36-21-22-38-72(70)80(73)55-68)79-48-67(59-29-13-4-14-30-59)52-84-82-50-65(57-25-9-2-10-26-57)46-77(88(82)93-90(79)84)61-33-17-6-18-34-61/h1-55H. The van der Waals surface area contributed by atoms with Crippen molar-refractivity contribution in [3.8, 4) is 94.7 Å². The van der Waals surface area contributed by atoms with Gasteiger partial charge in [-0.05, 0) is 172 Å².